The Hall–Kier alpha value is -7.82. The largest absolute Gasteiger partial charge is 0.309 e. The van der Waals surface area contributed by atoms with Gasteiger partial charge < -0.3 is 18.3 Å². The van der Waals surface area contributed by atoms with Crippen molar-refractivity contribution in [3.05, 3.63) is 206 Å². The van der Waals surface area contributed by atoms with E-state index in [1.54, 1.807) is 0 Å². The van der Waals surface area contributed by atoms with Crippen molar-refractivity contribution in [1.29, 1.82) is 0 Å². The van der Waals surface area contributed by atoms with Crippen molar-refractivity contribution in [1.82, 2.24) is 18.3 Å². The molecule has 0 aliphatic rings. The molecule has 270 valence electrons. The van der Waals surface area contributed by atoms with E-state index in [0.29, 0.717) is 0 Å². The highest BCUT2D eigenvalue weighted by atomic mass is 15.0. The van der Waals surface area contributed by atoms with Crippen LogP contribution in [0.4, 0.5) is 0 Å². The number of para-hydroxylation sites is 6. The van der Waals surface area contributed by atoms with Crippen LogP contribution in [0, 0.1) is 0 Å². The molecule has 13 rings (SSSR count). The lowest BCUT2D eigenvalue weighted by molar-refractivity contribution is 1.16. The van der Waals surface area contributed by atoms with E-state index in [1.165, 1.54) is 87.2 Å². The third-order valence-corrected chi connectivity index (χ3v) is 12.3. The molecule has 0 unspecified atom stereocenters. The topological polar surface area (TPSA) is 19.7 Å². The standard InChI is InChI=1S/C54H34N4/c1-4-16-35(17-5-1)55-45-25-13-10-22-39(45)44-34-38(28-31-48(44)55)57-47-27-15-12-24-43(47)52-50(57)33-30-41-40-29-32-49-51(53(40)58(54(41)52)37-20-8-3-9-21-37)42-23-11-14-26-46(42)56(49)36-18-6-2-7-19-36/h1-34H. The summed E-state index contributed by atoms with van der Waals surface area (Å²) in [6.07, 6.45) is 0. The Balaban J connectivity index is 1.18. The fraction of sp³-hybridized carbons (Fsp3) is 0. The molecule has 0 saturated heterocycles. The summed E-state index contributed by atoms with van der Waals surface area (Å²) >= 11 is 0. The van der Waals surface area contributed by atoms with Gasteiger partial charge in [-0.05, 0) is 84.9 Å². The van der Waals surface area contributed by atoms with Crippen LogP contribution in [0.5, 0.6) is 0 Å². The molecule has 58 heavy (non-hydrogen) atoms. The molecule has 4 nitrogen and oxygen atoms in total. The maximum atomic E-state index is 2.55. The first kappa shape index (κ1) is 31.4. The zero-order valence-electron chi connectivity index (χ0n) is 31.4. The lowest BCUT2D eigenvalue weighted by atomic mass is 10.1. The molecule has 0 spiro atoms. The van der Waals surface area contributed by atoms with Crippen LogP contribution in [-0.4, -0.2) is 18.3 Å². The van der Waals surface area contributed by atoms with Gasteiger partial charge in [-0.15, -0.1) is 0 Å². The highest BCUT2D eigenvalue weighted by Crippen LogP contribution is 2.46. The maximum Gasteiger partial charge on any atom is 0.0641 e. The van der Waals surface area contributed by atoms with Crippen molar-refractivity contribution in [3.8, 4) is 22.7 Å². The molecule has 0 N–H and O–H groups in total. The van der Waals surface area contributed by atoms with Crippen molar-refractivity contribution < 1.29 is 0 Å². The minimum Gasteiger partial charge on any atom is -0.309 e. The van der Waals surface area contributed by atoms with Gasteiger partial charge >= 0.3 is 0 Å². The molecule has 4 heterocycles. The van der Waals surface area contributed by atoms with E-state index < -0.39 is 0 Å². The van der Waals surface area contributed by atoms with Crippen LogP contribution in [0.15, 0.2) is 206 Å². The quantitative estimate of drug-likeness (QED) is 0.171. The lowest BCUT2D eigenvalue weighted by Crippen LogP contribution is -1.96. The summed E-state index contributed by atoms with van der Waals surface area (Å²) in [5.74, 6) is 0. The zero-order valence-corrected chi connectivity index (χ0v) is 31.4. The molecule has 0 atom stereocenters. The molecule has 0 amide bonds. The average Bonchev–Trinajstić information content (AvgIpc) is 4.02. The lowest BCUT2D eigenvalue weighted by Gasteiger charge is -2.11. The molecule has 13 aromatic rings. The third kappa shape index (κ3) is 4.18. The van der Waals surface area contributed by atoms with Crippen LogP contribution in [0.1, 0.15) is 0 Å². The molecule has 0 bridgehead atoms. The first-order valence-electron chi connectivity index (χ1n) is 20.0. The number of hydrogen-bond acceptors (Lipinski definition) is 0. The number of fused-ring (bicyclic) bond motifs is 14. The van der Waals surface area contributed by atoms with Gasteiger partial charge in [-0.1, -0.05) is 121 Å². The van der Waals surface area contributed by atoms with Crippen molar-refractivity contribution in [2.75, 3.05) is 0 Å². The van der Waals surface area contributed by atoms with E-state index in [2.05, 4.69) is 225 Å². The fourth-order valence-corrected chi connectivity index (χ4v) is 10.0. The van der Waals surface area contributed by atoms with Gasteiger partial charge in [-0.3, -0.25) is 0 Å². The Morgan fingerprint density at radius 2 is 0.569 bits per heavy atom. The molecular formula is C54H34N4. The third-order valence-electron chi connectivity index (χ3n) is 12.3. The van der Waals surface area contributed by atoms with Crippen molar-refractivity contribution in [3.63, 3.8) is 0 Å². The molecule has 0 saturated carbocycles. The Morgan fingerprint density at radius 1 is 0.207 bits per heavy atom. The van der Waals surface area contributed by atoms with Crippen LogP contribution in [0.3, 0.4) is 0 Å². The van der Waals surface area contributed by atoms with Gasteiger partial charge in [0.2, 0.25) is 0 Å². The van der Waals surface area contributed by atoms with E-state index >= 15 is 0 Å². The van der Waals surface area contributed by atoms with Crippen LogP contribution in [-0.2, 0) is 0 Å². The SMILES string of the molecule is c1ccc(-n2c3ccccc3c3cc(-n4c5ccccc5c5c4ccc4c6ccc7c(c8ccccc8n7-c7ccccc7)c6n(-c6ccccc6)c45)ccc32)cc1. The second-order valence-electron chi connectivity index (χ2n) is 15.3. The molecule has 4 heteroatoms. The van der Waals surface area contributed by atoms with E-state index in [0.717, 1.165) is 22.7 Å². The highest BCUT2D eigenvalue weighted by molar-refractivity contribution is 6.31. The Kier molecular flexibility index (Phi) is 6.41. The van der Waals surface area contributed by atoms with Crippen molar-refractivity contribution >= 4 is 87.2 Å². The van der Waals surface area contributed by atoms with Crippen molar-refractivity contribution in [2.45, 2.75) is 0 Å². The summed E-state index contributed by atoms with van der Waals surface area (Å²) < 4.78 is 9.83. The Morgan fingerprint density at radius 3 is 1.09 bits per heavy atom. The summed E-state index contributed by atoms with van der Waals surface area (Å²) in [6.45, 7) is 0. The molecular weight excluding hydrogens is 705 g/mol. The minimum atomic E-state index is 1.14. The van der Waals surface area contributed by atoms with Gasteiger partial charge in [0.25, 0.3) is 0 Å². The number of hydrogen-bond donors (Lipinski definition) is 0. The van der Waals surface area contributed by atoms with Gasteiger partial charge in [0.15, 0.2) is 0 Å². The van der Waals surface area contributed by atoms with Crippen LogP contribution < -0.4 is 0 Å². The number of benzene rings is 9. The summed E-state index contributed by atoms with van der Waals surface area (Å²) in [5, 5.41) is 9.96. The molecule has 0 fully saturated rings. The van der Waals surface area contributed by atoms with Gasteiger partial charge in [0.1, 0.15) is 0 Å². The fourth-order valence-electron chi connectivity index (χ4n) is 10.0. The zero-order chi connectivity index (χ0) is 37.9. The van der Waals surface area contributed by atoms with Gasteiger partial charge in [-0.2, -0.15) is 0 Å². The summed E-state index contributed by atoms with van der Waals surface area (Å²) in [6, 6.07) is 75.3. The van der Waals surface area contributed by atoms with Crippen LogP contribution in [0.2, 0.25) is 0 Å². The molecule has 0 aliphatic heterocycles. The molecule has 4 aromatic heterocycles. The normalized spacial score (nSPS) is 12.1. The molecule has 0 radical (unpaired) electrons. The molecule has 0 aliphatic carbocycles. The predicted molar refractivity (Wildman–Crippen MR) is 244 cm³/mol. The van der Waals surface area contributed by atoms with Crippen LogP contribution in [0.25, 0.3) is 110 Å². The Bertz CT molecular complexity index is 3770. The Labute approximate surface area is 333 Å². The second kappa shape index (κ2) is 11.8. The summed E-state index contributed by atoms with van der Waals surface area (Å²) in [7, 11) is 0. The first-order chi connectivity index (χ1) is 28.8. The smallest absolute Gasteiger partial charge is 0.0641 e. The van der Waals surface area contributed by atoms with E-state index in [9.17, 15) is 0 Å². The van der Waals surface area contributed by atoms with E-state index in [4.69, 9.17) is 0 Å². The highest BCUT2D eigenvalue weighted by Gasteiger charge is 2.25. The molecule has 9 aromatic carbocycles. The van der Waals surface area contributed by atoms with E-state index in [-0.39, 0.29) is 0 Å². The van der Waals surface area contributed by atoms with Gasteiger partial charge in [-0.25, -0.2) is 0 Å². The summed E-state index contributed by atoms with van der Waals surface area (Å²) in [5.41, 5.74) is 14.2. The van der Waals surface area contributed by atoms with Gasteiger partial charge in [0.05, 0.1) is 44.1 Å². The minimum absolute atomic E-state index is 1.14. The predicted octanol–water partition coefficient (Wildman–Crippen LogP) is 14.1. The monoisotopic (exact) mass is 738 g/mol. The second-order valence-corrected chi connectivity index (χ2v) is 15.3. The van der Waals surface area contributed by atoms with E-state index in [1.807, 2.05) is 0 Å². The maximum absolute atomic E-state index is 2.55. The number of aromatic nitrogens is 4. The number of rotatable bonds is 4. The average molecular weight is 739 g/mol. The van der Waals surface area contributed by atoms with Crippen molar-refractivity contribution in [2.24, 2.45) is 0 Å². The van der Waals surface area contributed by atoms with Crippen LogP contribution >= 0.6 is 0 Å². The number of nitrogens with zero attached hydrogens (tertiary/aromatic N) is 4. The van der Waals surface area contributed by atoms with Gasteiger partial charge in [0, 0.05) is 65.8 Å². The first-order valence-corrected chi connectivity index (χ1v) is 20.0. The summed E-state index contributed by atoms with van der Waals surface area (Å²) in [4.78, 5) is 0.